The zero-order valence-electron chi connectivity index (χ0n) is 15.5. The Bertz CT molecular complexity index is 1040. The van der Waals surface area contributed by atoms with Crippen LogP contribution in [0.4, 0.5) is 4.39 Å². The van der Waals surface area contributed by atoms with Gasteiger partial charge in [-0.2, -0.15) is 0 Å². The van der Waals surface area contributed by atoms with E-state index in [9.17, 15) is 12.8 Å². The fraction of sp³-hybridized carbons (Fsp3) is 0.400. The summed E-state index contributed by atoms with van der Waals surface area (Å²) in [5.74, 6) is -0.188. The number of nitrogens with one attached hydrogen (secondary N) is 1. The van der Waals surface area contributed by atoms with Crippen LogP contribution in [0.15, 0.2) is 48.5 Å². The maximum absolute atomic E-state index is 13.3. The number of sulfonamides is 1. The summed E-state index contributed by atoms with van der Waals surface area (Å²) in [7, 11) is -3.55. The van der Waals surface area contributed by atoms with Gasteiger partial charge in [0.1, 0.15) is 11.3 Å². The molecule has 1 atom stereocenters. The Balaban J connectivity index is 1.50. The summed E-state index contributed by atoms with van der Waals surface area (Å²) in [5.41, 5.74) is 2.36. The molecule has 3 aromatic rings. The molecule has 8 heteroatoms. The first-order valence-electron chi connectivity index (χ1n) is 9.55. The topological polar surface area (TPSA) is 76.9 Å². The van der Waals surface area contributed by atoms with Gasteiger partial charge in [-0.3, -0.25) is 0 Å². The molecular formula is C20H23FN4O2S. The Morgan fingerprint density at radius 1 is 1.11 bits per heavy atom. The van der Waals surface area contributed by atoms with Crippen LogP contribution in [0.1, 0.15) is 37.3 Å². The van der Waals surface area contributed by atoms with Gasteiger partial charge >= 0.3 is 0 Å². The van der Waals surface area contributed by atoms with Crippen LogP contribution in [0, 0.1) is 11.7 Å². The molecule has 1 fully saturated rings. The molecule has 1 aromatic heterocycles. The molecule has 1 N–H and O–H groups in total. The normalized spacial score (nSPS) is 16.6. The van der Waals surface area contributed by atoms with E-state index < -0.39 is 10.0 Å². The van der Waals surface area contributed by atoms with Gasteiger partial charge < -0.3 is 0 Å². The largest absolute Gasteiger partial charge is 0.244 e. The summed E-state index contributed by atoms with van der Waals surface area (Å²) >= 11 is 0. The van der Waals surface area contributed by atoms with E-state index >= 15 is 0 Å². The minimum Gasteiger partial charge on any atom is -0.244 e. The third-order valence-corrected chi connectivity index (χ3v) is 6.73. The molecule has 148 valence electrons. The number of fused-ring (bicyclic) bond motifs is 1. The lowest BCUT2D eigenvalue weighted by Gasteiger charge is -2.25. The number of para-hydroxylation sites is 1. The van der Waals surface area contributed by atoms with Crippen molar-refractivity contribution in [3.8, 4) is 0 Å². The summed E-state index contributed by atoms with van der Waals surface area (Å²) in [5, 5.41) is 8.12. The maximum Gasteiger partial charge on any atom is 0.213 e. The van der Waals surface area contributed by atoms with Crippen LogP contribution in [0.5, 0.6) is 0 Å². The fourth-order valence-electron chi connectivity index (χ4n) is 3.94. The molecule has 0 saturated heterocycles. The minimum absolute atomic E-state index is 0.0925. The van der Waals surface area contributed by atoms with Crippen molar-refractivity contribution in [2.75, 3.05) is 5.75 Å². The van der Waals surface area contributed by atoms with Gasteiger partial charge in [-0.1, -0.05) is 42.3 Å². The molecule has 0 amide bonds. The molecule has 1 saturated carbocycles. The second-order valence-electron chi connectivity index (χ2n) is 7.31. The third-order valence-electron chi connectivity index (χ3n) is 5.40. The summed E-state index contributed by atoms with van der Waals surface area (Å²) in [6, 6.07) is 13.2. The van der Waals surface area contributed by atoms with Crippen LogP contribution in [-0.4, -0.2) is 29.2 Å². The predicted octanol–water partition coefficient (Wildman–Crippen LogP) is 3.42. The van der Waals surface area contributed by atoms with Gasteiger partial charge in [0, 0.05) is 6.04 Å². The van der Waals surface area contributed by atoms with Crippen molar-refractivity contribution in [1.29, 1.82) is 0 Å². The first kappa shape index (κ1) is 19.0. The number of hydrogen-bond acceptors (Lipinski definition) is 4. The summed E-state index contributed by atoms with van der Waals surface area (Å²) in [4.78, 5) is 0. The van der Waals surface area contributed by atoms with Gasteiger partial charge in [0.15, 0.2) is 0 Å². The van der Waals surface area contributed by atoms with Gasteiger partial charge in [-0.15, -0.1) is 5.10 Å². The summed E-state index contributed by atoms with van der Waals surface area (Å²) in [6.07, 6.45) is 4.13. The molecule has 4 rings (SSSR count). The number of halogens is 1. The Hall–Kier alpha value is -2.32. The predicted molar refractivity (Wildman–Crippen MR) is 106 cm³/mol. The highest BCUT2D eigenvalue weighted by Gasteiger charge is 2.30. The third kappa shape index (κ3) is 4.23. The zero-order valence-corrected chi connectivity index (χ0v) is 16.3. The average Bonchev–Trinajstić information content (AvgIpc) is 3.36. The number of aromatic nitrogens is 3. The smallest absolute Gasteiger partial charge is 0.213 e. The number of hydrogen-bond donors (Lipinski definition) is 1. The molecule has 28 heavy (non-hydrogen) atoms. The van der Waals surface area contributed by atoms with E-state index in [1.807, 2.05) is 24.3 Å². The number of rotatable bonds is 7. The first-order valence-corrected chi connectivity index (χ1v) is 11.2. The van der Waals surface area contributed by atoms with Crippen molar-refractivity contribution < 1.29 is 12.8 Å². The summed E-state index contributed by atoms with van der Waals surface area (Å²) in [6.45, 7) is 0.219. The van der Waals surface area contributed by atoms with Crippen molar-refractivity contribution in [3.05, 3.63) is 59.9 Å². The van der Waals surface area contributed by atoms with Gasteiger partial charge in [-0.25, -0.2) is 22.2 Å². The summed E-state index contributed by atoms with van der Waals surface area (Å²) < 4.78 is 43.4. The van der Waals surface area contributed by atoms with E-state index in [2.05, 4.69) is 15.0 Å². The molecule has 1 aliphatic carbocycles. The van der Waals surface area contributed by atoms with Crippen LogP contribution in [0.3, 0.4) is 0 Å². The van der Waals surface area contributed by atoms with E-state index in [4.69, 9.17) is 0 Å². The highest BCUT2D eigenvalue weighted by Crippen LogP contribution is 2.36. The fourth-order valence-corrected chi connectivity index (χ4v) is 5.19. The zero-order chi connectivity index (χ0) is 19.6. The van der Waals surface area contributed by atoms with Crippen molar-refractivity contribution >= 4 is 21.1 Å². The Morgan fingerprint density at radius 3 is 2.57 bits per heavy atom. The SMILES string of the molecule is O=S(=O)(CCn1nnc2ccccc21)N[C@@H](c1ccc(F)cc1)C1CCCC1. The van der Waals surface area contributed by atoms with Crippen LogP contribution in [0.25, 0.3) is 11.0 Å². The molecule has 2 aromatic carbocycles. The van der Waals surface area contributed by atoms with Crippen LogP contribution in [0.2, 0.25) is 0 Å². The molecule has 0 bridgehead atoms. The van der Waals surface area contributed by atoms with Crippen LogP contribution < -0.4 is 4.72 Å². The molecule has 0 radical (unpaired) electrons. The number of nitrogens with zero attached hydrogens (tertiary/aromatic N) is 3. The van der Waals surface area contributed by atoms with Crippen LogP contribution in [-0.2, 0) is 16.6 Å². The number of aryl methyl sites for hydroxylation is 1. The highest BCUT2D eigenvalue weighted by atomic mass is 32.2. The minimum atomic E-state index is -3.55. The average molecular weight is 402 g/mol. The van der Waals surface area contributed by atoms with E-state index in [0.717, 1.165) is 42.3 Å². The molecule has 0 aliphatic heterocycles. The van der Waals surface area contributed by atoms with Gasteiger partial charge in [0.2, 0.25) is 10.0 Å². The second-order valence-corrected chi connectivity index (χ2v) is 9.19. The quantitative estimate of drug-likeness (QED) is 0.657. The van der Waals surface area contributed by atoms with Crippen molar-refractivity contribution in [2.24, 2.45) is 5.92 Å². The lowest BCUT2D eigenvalue weighted by molar-refractivity contribution is 0.409. The second kappa shape index (κ2) is 7.97. The maximum atomic E-state index is 13.3. The Labute approximate surface area is 163 Å². The molecule has 1 heterocycles. The van der Waals surface area contributed by atoms with Gasteiger partial charge in [0.05, 0.1) is 17.8 Å². The van der Waals surface area contributed by atoms with Crippen LogP contribution >= 0.6 is 0 Å². The molecule has 0 spiro atoms. The van der Waals surface area contributed by atoms with E-state index in [1.54, 1.807) is 16.8 Å². The number of benzene rings is 2. The molecule has 6 nitrogen and oxygen atoms in total. The Kier molecular flexibility index (Phi) is 5.41. The van der Waals surface area contributed by atoms with E-state index in [0.29, 0.717) is 0 Å². The lowest BCUT2D eigenvalue weighted by Crippen LogP contribution is -2.35. The van der Waals surface area contributed by atoms with Gasteiger partial charge in [0.25, 0.3) is 0 Å². The standard InChI is InChI=1S/C20H23FN4O2S/c21-17-11-9-16(10-12-17)20(15-5-1-2-6-15)23-28(26,27)14-13-25-19-8-4-3-7-18(19)22-24-25/h3-4,7-12,15,20,23H,1-2,5-6,13-14H2/t20-/m1/s1. The monoisotopic (exact) mass is 402 g/mol. The molecule has 1 aliphatic rings. The van der Waals surface area contributed by atoms with Crippen molar-refractivity contribution in [3.63, 3.8) is 0 Å². The Morgan fingerprint density at radius 2 is 1.82 bits per heavy atom. The lowest BCUT2D eigenvalue weighted by atomic mass is 9.92. The van der Waals surface area contributed by atoms with Crippen molar-refractivity contribution in [1.82, 2.24) is 19.7 Å². The van der Waals surface area contributed by atoms with Crippen molar-refractivity contribution in [2.45, 2.75) is 38.3 Å². The molecule has 0 unspecified atom stereocenters. The van der Waals surface area contributed by atoms with E-state index in [1.165, 1.54) is 12.1 Å². The first-order chi connectivity index (χ1) is 13.5. The highest BCUT2D eigenvalue weighted by molar-refractivity contribution is 7.89. The van der Waals surface area contributed by atoms with Gasteiger partial charge in [-0.05, 0) is 48.6 Å². The van der Waals surface area contributed by atoms with E-state index in [-0.39, 0.29) is 30.1 Å². The molecular weight excluding hydrogens is 379 g/mol.